The fourth-order valence-electron chi connectivity index (χ4n) is 1.83. The van der Waals surface area contributed by atoms with Crippen LogP contribution >= 0.6 is 11.3 Å². The van der Waals surface area contributed by atoms with Crippen LogP contribution < -0.4 is 14.9 Å². The smallest absolute Gasteiger partial charge is 0.270 e. The lowest BCUT2D eigenvalue weighted by Crippen LogP contribution is -2.29. The molecule has 0 atom stereocenters. The van der Waals surface area contributed by atoms with Gasteiger partial charge >= 0.3 is 0 Å². The Balaban J connectivity index is 2.21. The maximum absolute atomic E-state index is 13.5. The lowest BCUT2D eigenvalue weighted by Gasteiger charge is -1.95. The van der Waals surface area contributed by atoms with Crippen molar-refractivity contribution in [2.75, 3.05) is 6.54 Å². The number of hydrogen-bond acceptors (Lipinski definition) is 3. The Kier molecular flexibility index (Phi) is 2.59. The SMILES string of the molecule is O=c1/c(=C\c2ccc(F)cc2F)sc2n1CCN=2. The van der Waals surface area contributed by atoms with Gasteiger partial charge in [-0.25, -0.2) is 8.78 Å². The van der Waals surface area contributed by atoms with Crippen LogP contribution in [0, 0.1) is 11.6 Å². The molecule has 0 amide bonds. The fraction of sp³-hybridized carbons (Fsp3) is 0.167. The molecule has 1 aliphatic rings. The monoisotopic (exact) mass is 266 g/mol. The Morgan fingerprint density at radius 2 is 2.22 bits per heavy atom. The predicted octanol–water partition coefficient (Wildman–Crippen LogP) is 0.650. The van der Waals surface area contributed by atoms with E-state index in [1.54, 1.807) is 4.57 Å². The highest BCUT2D eigenvalue weighted by atomic mass is 32.1. The van der Waals surface area contributed by atoms with E-state index < -0.39 is 11.6 Å². The molecule has 0 unspecified atom stereocenters. The first-order chi connectivity index (χ1) is 8.65. The highest BCUT2D eigenvalue weighted by Crippen LogP contribution is 2.09. The minimum atomic E-state index is -0.676. The Morgan fingerprint density at radius 1 is 1.39 bits per heavy atom. The molecule has 0 radical (unpaired) electrons. The molecule has 0 fully saturated rings. The van der Waals surface area contributed by atoms with Gasteiger partial charge in [0, 0.05) is 18.2 Å². The van der Waals surface area contributed by atoms with Crippen molar-refractivity contribution in [1.82, 2.24) is 4.57 Å². The van der Waals surface area contributed by atoms with Crippen molar-refractivity contribution in [3.63, 3.8) is 0 Å². The maximum Gasteiger partial charge on any atom is 0.270 e. The first-order valence-electron chi connectivity index (χ1n) is 5.36. The molecule has 0 spiro atoms. The average Bonchev–Trinajstić information content (AvgIpc) is 2.88. The van der Waals surface area contributed by atoms with Crippen molar-refractivity contribution in [2.24, 2.45) is 4.99 Å². The molecular weight excluding hydrogens is 258 g/mol. The van der Waals surface area contributed by atoms with E-state index in [0.29, 0.717) is 22.4 Å². The summed E-state index contributed by atoms with van der Waals surface area (Å²) in [5.41, 5.74) is 0.0361. The Labute approximate surface area is 104 Å². The van der Waals surface area contributed by atoms with Gasteiger partial charge in [0.25, 0.3) is 5.56 Å². The molecule has 18 heavy (non-hydrogen) atoms. The van der Waals surface area contributed by atoms with Crippen LogP contribution in [0.15, 0.2) is 28.0 Å². The predicted molar refractivity (Wildman–Crippen MR) is 64.2 cm³/mol. The van der Waals surface area contributed by atoms with Gasteiger partial charge in [-0.3, -0.25) is 14.4 Å². The molecule has 1 aromatic heterocycles. The zero-order valence-corrected chi connectivity index (χ0v) is 10.0. The van der Waals surface area contributed by atoms with Gasteiger partial charge in [-0.2, -0.15) is 0 Å². The minimum absolute atomic E-state index is 0.167. The summed E-state index contributed by atoms with van der Waals surface area (Å²) < 4.78 is 28.2. The topological polar surface area (TPSA) is 34.4 Å². The van der Waals surface area contributed by atoms with E-state index in [1.165, 1.54) is 23.5 Å². The van der Waals surface area contributed by atoms with Crippen LogP contribution in [0.25, 0.3) is 6.08 Å². The van der Waals surface area contributed by atoms with Crippen LogP contribution in [0.1, 0.15) is 5.56 Å². The Morgan fingerprint density at radius 3 is 2.94 bits per heavy atom. The Hall–Kier alpha value is -1.82. The highest BCUT2D eigenvalue weighted by molar-refractivity contribution is 7.07. The van der Waals surface area contributed by atoms with Gasteiger partial charge in [0.15, 0.2) is 4.80 Å². The molecule has 0 saturated carbocycles. The second kappa shape index (κ2) is 4.13. The molecule has 0 N–H and O–H groups in total. The lowest BCUT2D eigenvalue weighted by molar-refractivity contribution is 0.581. The summed E-state index contributed by atoms with van der Waals surface area (Å²) in [6.07, 6.45) is 1.43. The molecule has 3 nitrogen and oxygen atoms in total. The Bertz CT molecular complexity index is 791. The van der Waals surface area contributed by atoms with Gasteiger partial charge in [-0.05, 0) is 18.2 Å². The summed E-state index contributed by atoms with van der Waals surface area (Å²) in [5.74, 6) is -1.31. The number of benzene rings is 1. The van der Waals surface area contributed by atoms with Crippen LogP contribution in [-0.2, 0) is 6.54 Å². The van der Waals surface area contributed by atoms with Gasteiger partial charge in [0.05, 0.1) is 11.1 Å². The fourth-order valence-corrected chi connectivity index (χ4v) is 2.85. The van der Waals surface area contributed by atoms with Crippen molar-refractivity contribution in [2.45, 2.75) is 6.54 Å². The largest absolute Gasteiger partial charge is 0.282 e. The van der Waals surface area contributed by atoms with Crippen LogP contribution in [0.3, 0.4) is 0 Å². The molecule has 92 valence electrons. The average molecular weight is 266 g/mol. The van der Waals surface area contributed by atoms with Crippen molar-refractivity contribution >= 4 is 17.4 Å². The summed E-state index contributed by atoms with van der Waals surface area (Å²) in [4.78, 5) is 16.8. The third-order valence-electron chi connectivity index (χ3n) is 2.71. The van der Waals surface area contributed by atoms with Crippen molar-refractivity contribution in [3.05, 3.63) is 55.1 Å². The molecular formula is C12H8F2N2OS. The zero-order chi connectivity index (χ0) is 12.7. The maximum atomic E-state index is 13.5. The molecule has 0 aliphatic carbocycles. The summed E-state index contributed by atoms with van der Waals surface area (Å²) >= 11 is 1.22. The molecule has 2 heterocycles. The van der Waals surface area contributed by atoms with E-state index in [4.69, 9.17) is 0 Å². The van der Waals surface area contributed by atoms with Crippen molar-refractivity contribution in [1.29, 1.82) is 0 Å². The summed E-state index contributed by atoms with van der Waals surface area (Å²) in [6, 6.07) is 3.28. The van der Waals surface area contributed by atoms with E-state index in [2.05, 4.69) is 4.99 Å². The lowest BCUT2D eigenvalue weighted by atomic mass is 10.2. The molecule has 1 aromatic carbocycles. The second-order valence-corrected chi connectivity index (χ2v) is 4.91. The molecule has 0 bridgehead atoms. The van der Waals surface area contributed by atoms with Gasteiger partial charge < -0.3 is 0 Å². The van der Waals surface area contributed by atoms with Crippen molar-refractivity contribution < 1.29 is 8.78 Å². The standard InChI is InChI=1S/C12H8F2N2OS/c13-8-2-1-7(9(14)6-8)5-10-11(17)16-4-3-15-12(16)18-10/h1-2,5-6H,3-4H2/b10-5+. The first kappa shape index (κ1) is 11.3. The summed E-state index contributed by atoms with van der Waals surface area (Å²) in [5, 5.41) is 0. The van der Waals surface area contributed by atoms with Crippen LogP contribution in [0.2, 0.25) is 0 Å². The zero-order valence-electron chi connectivity index (χ0n) is 9.19. The molecule has 1 aliphatic heterocycles. The van der Waals surface area contributed by atoms with Crippen LogP contribution in [-0.4, -0.2) is 11.1 Å². The van der Waals surface area contributed by atoms with Crippen LogP contribution in [0.4, 0.5) is 8.78 Å². The van der Waals surface area contributed by atoms with E-state index in [0.717, 1.165) is 12.1 Å². The second-order valence-electron chi connectivity index (χ2n) is 3.90. The number of aromatic nitrogens is 1. The quantitative estimate of drug-likeness (QED) is 0.746. The third kappa shape index (κ3) is 1.78. The first-order valence-corrected chi connectivity index (χ1v) is 6.18. The number of nitrogens with zero attached hydrogens (tertiary/aromatic N) is 2. The molecule has 0 saturated heterocycles. The van der Waals surface area contributed by atoms with Gasteiger partial charge in [0.1, 0.15) is 11.6 Å². The molecule has 2 aromatic rings. The van der Waals surface area contributed by atoms with Gasteiger partial charge in [-0.15, -0.1) is 0 Å². The minimum Gasteiger partial charge on any atom is -0.282 e. The van der Waals surface area contributed by atoms with E-state index in [1.807, 2.05) is 0 Å². The molecule has 3 rings (SSSR count). The van der Waals surface area contributed by atoms with Gasteiger partial charge in [0.2, 0.25) is 0 Å². The van der Waals surface area contributed by atoms with E-state index >= 15 is 0 Å². The number of fused-ring (bicyclic) bond motifs is 1. The normalized spacial score (nSPS) is 14.7. The van der Waals surface area contributed by atoms with E-state index in [-0.39, 0.29) is 11.1 Å². The number of hydrogen-bond donors (Lipinski definition) is 0. The molecule has 6 heteroatoms. The van der Waals surface area contributed by atoms with Crippen molar-refractivity contribution in [3.8, 4) is 0 Å². The number of halogens is 2. The highest BCUT2D eigenvalue weighted by Gasteiger charge is 2.10. The summed E-state index contributed by atoms with van der Waals surface area (Å²) in [7, 11) is 0. The summed E-state index contributed by atoms with van der Waals surface area (Å²) in [6.45, 7) is 1.19. The number of thiazole rings is 1. The number of rotatable bonds is 1. The van der Waals surface area contributed by atoms with E-state index in [9.17, 15) is 13.6 Å². The van der Waals surface area contributed by atoms with Crippen LogP contribution in [0.5, 0.6) is 0 Å². The third-order valence-corrected chi connectivity index (χ3v) is 3.75. The van der Waals surface area contributed by atoms with Gasteiger partial charge in [-0.1, -0.05) is 11.3 Å².